The summed E-state index contributed by atoms with van der Waals surface area (Å²) in [4.78, 5) is 4.91. The predicted octanol–water partition coefficient (Wildman–Crippen LogP) is 14.5. The fraction of sp³-hybridized carbons (Fsp3) is 0.0690. The van der Waals surface area contributed by atoms with Gasteiger partial charge in [-0.15, -0.1) is 0 Å². The molecule has 0 N–H and O–H groups in total. The maximum absolute atomic E-state index is 9.04. The normalized spacial score (nSPS) is 14.2. The van der Waals surface area contributed by atoms with Crippen molar-refractivity contribution < 1.29 is 27.4 Å². The highest BCUT2D eigenvalue weighted by Crippen LogP contribution is 2.41. The monoisotopic (exact) mass is 836 g/mol. The van der Waals surface area contributed by atoms with E-state index in [1.165, 1.54) is 0 Å². The summed E-state index contributed by atoms with van der Waals surface area (Å²) in [5.41, 5.74) is 6.41. The highest BCUT2D eigenvalue weighted by atomic mass is 16.5. The van der Waals surface area contributed by atoms with E-state index in [9.17, 15) is 0 Å². The Hall–Kier alpha value is -8.22. The number of hydrogen-bond acceptors (Lipinski definition) is 3. The Balaban J connectivity index is 1.03. The molecule has 8 aromatic carbocycles. The van der Waals surface area contributed by atoms with Crippen LogP contribution in [-0.2, 0) is 5.41 Å². The molecule has 0 amide bonds. The highest BCUT2D eigenvalue weighted by molar-refractivity contribution is 6.17. The Labute approximate surface area is 384 Å². The third kappa shape index (κ3) is 6.25. The Kier molecular flexibility index (Phi) is 6.53. The number of fused-ring (bicyclic) bond motifs is 7. The molecule has 306 valence electrons. The second kappa shape index (κ2) is 14.7. The molecule has 6 heteroatoms. The molecule has 4 heterocycles. The van der Waals surface area contributed by atoms with Crippen molar-refractivity contribution in [3.05, 3.63) is 212 Å². The van der Waals surface area contributed by atoms with Gasteiger partial charge >= 0.3 is 0 Å². The molecule has 12 aromatic rings. The molecule has 0 atom stereocenters. The summed E-state index contributed by atoms with van der Waals surface area (Å²) >= 11 is 0. The molecular formula is C58H42N4O2. The molecular weight excluding hydrogens is 785 g/mol. The highest BCUT2D eigenvalue weighted by Gasteiger charge is 2.22. The number of imidazole rings is 1. The number of aromatic nitrogens is 4. The van der Waals surface area contributed by atoms with Crippen LogP contribution in [-0.4, -0.2) is 14.1 Å². The molecule has 0 saturated heterocycles. The van der Waals surface area contributed by atoms with Crippen LogP contribution >= 0.6 is 0 Å². The van der Waals surface area contributed by atoms with Crippen molar-refractivity contribution in [2.45, 2.75) is 26.2 Å². The van der Waals surface area contributed by atoms with Gasteiger partial charge in [-0.1, -0.05) is 148 Å². The molecule has 0 saturated carbocycles. The minimum atomic E-state index is -0.570. The minimum absolute atomic E-state index is 0.134. The van der Waals surface area contributed by atoms with E-state index < -0.39 is 60.4 Å². The number of nitrogens with zero attached hydrogens (tertiary/aromatic N) is 4. The van der Waals surface area contributed by atoms with Gasteiger partial charge in [-0.3, -0.25) is 13.7 Å². The smallest absolute Gasteiger partial charge is 0.269 e. The lowest BCUT2D eigenvalue weighted by Crippen LogP contribution is -2.31. The number of ether oxygens (including phenoxy) is 1. The van der Waals surface area contributed by atoms with Gasteiger partial charge in [0.25, 0.3) is 6.33 Å². The summed E-state index contributed by atoms with van der Waals surface area (Å²) in [6, 6.07) is 36.8. The Morgan fingerprint density at radius 3 is 2.08 bits per heavy atom. The van der Waals surface area contributed by atoms with E-state index in [-0.39, 0.29) is 33.4 Å². The standard InChI is InChI=1S/C58H42N4O2/c1-58(2,3)40-30-31-59-56(32-40)62-52-34-43(28-29-46(52)48-35-49-47-22-10-13-27-54(47)64-55(49)36-53(48)62)63-42-21-14-20-41(33-42)60-37-61(51-26-12-11-25-50(51)60)57-44(38-16-6-4-7-17-38)23-15-24-45(57)39-18-8-5-9-19-39/h4-36H,1-3H3/i4D,5D,6D,7D,8D,9D,16D,17D,18D,19D. The summed E-state index contributed by atoms with van der Waals surface area (Å²) in [5, 5.41) is 4.08. The van der Waals surface area contributed by atoms with Crippen molar-refractivity contribution in [1.82, 2.24) is 14.1 Å². The molecule has 0 spiro atoms. The first-order valence-corrected chi connectivity index (χ1v) is 20.9. The summed E-state index contributed by atoms with van der Waals surface area (Å²) in [6.07, 6.45) is 5.29. The first-order chi connectivity index (χ1) is 35.5. The van der Waals surface area contributed by atoms with Gasteiger partial charge in [-0.25, -0.2) is 4.98 Å². The third-order valence-corrected chi connectivity index (χ3v) is 11.8. The SMILES string of the molecule is [2H]c1c([2H])c([2H])c(-c2cccc(-c3c([2H])c([2H])c([2H])c([2H])c3[2H])c2-[n+]2[c-]n(-c3cccc(Oc4ccc5c6cc7c(cc6n(-c6cc(C(C)(C)C)ccn6)c5c4)oc4ccccc47)c3)c3ccccc32)c([2H])c1[2H]. The fourth-order valence-corrected chi connectivity index (χ4v) is 8.73. The van der Waals surface area contributed by atoms with Crippen LogP contribution in [0.2, 0.25) is 0 Å². The third-order valence-electron chi connectivity index (χ3n) is 11.8. The molecule has 6 nitrogen and oxygen atoms in total. The van der Waals surface area contributed by atoms with E-state index in [2.05, 4.69) is 62.0 Å². The van der Waals surface area contributed by atoms with Crippen molar-refractivity contribution in [2.24, 2.45) is 0 Å². The molecule has 12 rings (SSSR count). The topological polar surface area (TPSA) is 49.0 Å². The van der Waals surface area contributed by atoms with E-state index in [1.54, 1.807) is 27.3 Å². The average Bonchev–Trinajstić information content (AvgIpc) is 4.08. The number of benzene rings is 8. The van der Waals surface area contributed by atoms with Crippen molar-refractivity contribution in [2.75, 3.05) is 0 Å². The molecule has 4 aromatic heterocycles. The van der Waals surface area contributed by atoms with Crippen molar-refractivity contribution in [3.63, 3.8) is 0 Å². The maximum atomic E-state index is 9.04. The number of furan rings is 1. The second-order valence-electron chi connectivity index (χ2n) is 16.7. The van der Waals surface area contributed by atoms with Crippen molar-refractivity contribution in [1.29, 1.82) is 0 Å². The van der Waals surface area contributed by atoms with E-state index in [0.29, 0.717) is 28.2 Å². The van der Waals surface area contributed by atoms with Crippen LogP contribution in [0.15, 0.2) is 204 Å². The Morgan fingerprint density at radius 2 is 1.30 bits per heavy atom. The minimum Gasteiger partial charge on any atom is -0.458 e. The van der Waals surface area contributed by atoms with Crippen LogP contribution < -0.4 is 9.30 Å². The lowest BCUT2D eigenvalue weighted by atomic mass is 9.88. The van der Waals surface area contributed by atoms with E-state index in [4.69, 9.17) is 27.8 Å². The van der Waals surface area contributed by atoms with Crippen molar-refractivity contribution >= 4 is 54.8 Å². The van der Waals surface area contributed by atoms with Crippen molar-refractivity contribution in [3.8, 4) is 50.9 Å². The van der Waals surface area contributed by atoms with Gasteiger partial charge in [0.05, 0.1) is 47.1 Å². The quantitative estimate of drug-likeness (QED) is 0.119. The number of rotatable bonds is 7. The van der Waals surface area contributed by atoms with E-state index >= 15 is 0 Å². The van der Waals surface area contributed by atoms with Gasteiger partial charge in [0.1, 0.15) is 28.5 Å². The first kappa shape index (κ1) is 28.4. The zero-order valence-corrected chi connectivity index (χ0v) is 34.9. The molecule has 0 aliphatic heterocycles. The van der Waals surface area contributed by atoms with Crippen LogP contribution in [0.1, 0.15) is 40.0 Å². The van der Waals surface area contributed by atoms with Crippen LogP contribution in [0.4, 0.5) is 0 Å². The van der Waals surface area contributed by atoms with E-state index in [1.807, 2.05) is 91.1 Å². The Morgan fingerprint density at radius 1 is 0.594 bits per heavy atom. The maximum Gasteiger partial charge on any atom is 0.269 e. The molecule has 0 radical (unpaired) electrons. The number of para-hydroxylation sites is 4. The van der Waals surface area contributed by atoms with Gasteiger partial charge in [-0.2, -0.15) is 0 Å². The summed E-state index contributed by atoms with van der Waals surface area (Å²) in [5.74, 6) is 1.81. The first-order valence-electron chi connectivity index (χ1n) is 25.9. The molecule has 0 aliphatic carbocycles. The summed E-state index contributed by atoms with van der Waals surface area (Å²) in [6.45, 7) is 6.53. The largest absolute Gasteiger partial charge is 0.458 e. The lowest BCUT2D eigenvalue weighted by Gasteiger charge is -2.20. The van der Waals surface area contributed by atoms with Gasteiger partial charge < -0.3 is 9.15 Å². The molecule has 0 bridgehead atoms. The Bertz CT molecular complexity index is 4220. The predicted molar refractivity (Wildman–Crippen MR) is 259 cm³/mol. The van der Waals surface area contributed by atoms with Crippen LogP contribution in [0, 0.1) is 6.33 Å². The second-order valence-corrected chi connectivity index (χ2v) is 16.7. The van der Waals surface area contributed by atoms with Crippen LogP contribution in [0.25, 0.3) is 94.2 Å². The summed E-state index contributed by atoms with van der Waals surface area (Å²) < 4.78 is 106. The number of pyridine rings is 1. The molecule has 0 aliphatic rings. The van der Waals surface area contributed by atoms with E-state index in [0.717, 1.165) is 55.1 Å². The molecule has 0 unspecified atom stereocenters. The van der Waals surface area contributed by atoms with Gasteiger partial charge in [-0.05, 0) is 87.8 Å². The zero-order chi connectivity index (χ0) is 51.6. The number of hydrogen-bond donors (Lipinski definition) is 0. The van der Waals surface area contributed by atoms with Gasteiger partial charge in [0.2, 0.25) is 0 Å². The summed E-state index contributed by atoms with van der Waals surface area (Å²) in [7, 11) is 0. The fourth-order valence-electron chi connectivity index (χ4n) is 8.73. The van der Waals surface area contributed by atoms with Crippen LogP contribution in [0.3, 0.4) is 0 Å². The van der Waals surface area contributed by atoms with Gasteiger partial charge in [0, 0.05) is 39.9 Å². The van der Waals surface area contributed by atoms with Gasteiger partial charge in [0.15, 0.2) is 0 Å². The zero-order valence-electron chi connectivity index (χ0n) is 44.9. The molecule has 0 fully saturated rings. The molecule has 64 heavy (non-hydrogen) atoms. The lowest BCUT2D eigenvalue weighted by molar-refractivity contribution is -0.571. The average molecular weight is 837 g/mol. The van der Waals surface area contributed by atoms with Crippen LogP contribution in [0.5, 0.6) is 11.5 Å².